The minimum absolute atomic E-state index is 0.861. The smallest absolute Gasteiger partial charge is 0.195 e. The lowest BCUT2D eigenvalue weighted by Crippen LogP contribution is -1.95. The van der Waals surface area contributed by atoms with Gasteiger partial charge in [-0.05, 0) is 5.41 Å². The van der Waals surface area contributed by atoms with E-state index in [-0.39, 0.29) is 0 Å². The summed E-state index contributed by atoms with van der Waals surface area (Å²) in [6.07, 6.45) is 7.84. The summed E-state index contributed by atoms with van der Waals surface area (Å²) in [6, 6.07) is 0. The third-order valence-corrected chi connectivity index (χ3v) is 2.20. The van der Waals surface area contributed by atoms with Gasteiger partial charge in [0.15, 0.2) is 5.16 Å². The average Bonchev–Trinajstić information content (AvgIpc) is 2.35. The monoisotopic (exact) mass is 165 g/mol. The Balaban J connectivity index is 2.37. The molecule has 1 aromatic heterocycles. The van der Waals surface area contributed by atoms with Crippen molar-refractivity contribution in [2.75, 3.05) is 0 Å². The molecule has 1 aliphatic heterocycles. The summed E-state index contributed by atoms with van der Waals surface area (Å²) in [7, 11) is 0. The molecule has 0 N–H and O–H groups in total. The van der Waals surface area contributed by atoms with Crippen molar-refractivity contribution in [2.24, 2.45) is 0 Å². The number of allylic oxidation sites excluding steroid dienone is 3. The number of fused-ring (bicyclic) bond motifs is 1. The van der Waals surface area contributed by atoms with E-state index in [1.807, 2.05) is 22.1 Å². The molecule has 0 atom stereocenters. The highest BCUT2D eigenvalue weighted by Gasteiger charge is 2.01. The molecule has 0 saturated carbocycles. The maximum absolute atomic E-state index is 3.95. The van der Waals surface area contributed by atoms with Crippen molar-refractivity contribution in [3.05, 3.63) is 30.0 Å². The van der Waals surface area contributed by atoms with E-state index in [2.05, 4.69) is 16.3 Å². The summed E-state index contributed by atoms with van der Waals surface area (Å²) in [6.45, 7) is 0.861. The molecule has 0 radical (unpaired) electrons. The van der Waals surface area contributed by atoms with Crippen molar-refractivity contribution >= 4 is 11.8 Å². The zero-order valence-corrected chi connectivity index (χ0v) is 6.66. The second-order valence-electron chi connectivity index (χ2n) is 2.14. The summed E-state index contributed by atoms with van der Waals surface area (Å²) in [5, 5.41) is 10.7. The van der Waals surface area contributed by atoms with Crippen LogP contribution in [-0.2, 0) is 6.54 Å². The zero-order chi connectivity index (χ0) is 7.52. The molecule has 0 fully saturated rings. The highest BCUT2D eigenvalue weighted by atomic mass is 32.2. The summed E-state index contributed by atoms with van der Waals surface area (Å²) in [4.78, 5) is 0. The lowest BCUT2D eigenvalue weighted by molar-refractivity contribution is 0.725. The largest absolute Gasteiger partial charge is 0.304 e. The SMILES string of the molecule is C1=C/Cn2cnnc2S/C=C/1. The van der Waals surface area contributed by atoms with Crippen LogP contribution in [0.25, 0.3) is 0 Å². The second kappa shape index (κ2) is 2.92. The Morgan fingerprint density at radius 3 is 3.45 bits per heavy atom. The Labute approximate surface area is 68.8 Å². The Hall–Kier alpha value is -1.03. The minimum atomic E-state index is 0.861. The standard InChI is InChI=1S/C7H7N3S/c1-2-4-10-6-8-9-7(10)11-5-3-1/h1-3,5-6H,4H2/b2-1+,5-3+. The molecule has 0 aliphatic carbocycles. The number of rotatable bonds is 0. The molecule has 2 rings (SSSR count). The molecular formula is C7H7N3S. The number of nitrogens with zero attached hydrogens (tertiary/aromatic N) is 3. The van der Waals surface area contributed by atoms with Crippen LogP contribution in [0.2, 0.25) is 0 Å². The molecule has 0 spiro atoms. The third kappa shape index (κ3) is 1.35. The fraction of sp³-hybridized carbons (Fsp3) is 0.143. The molecular weight excluding hydrogens is 158 g/mol. The molecule has 0 aromatic carbocycles. The number of thioether (sulfide) groups is 1. The van der Waals surface area contributed by atoms with Crippen LogP contribution in [-0.4, -0.2) is 14.8 Å². The van der Waals surface area contributed by atoms with E-state index in [0.717, 1.165) is 11.7 Å². The molecule has 1 aromatic rings. The van der Waals surface area contributed by atoms with Crippen LogP contribution in [0.1, 0.15) is 0 Å². The number of aromatic nitrogens is 3. The first kappa shape index (κ1) is 6.67. The number of hydrogen-bond donors (Lipinski definition) is 0. The highest BCUT2D eigenvalue weighted by molar-refractivity contribution is 8.02. The highest BCUT2D eigenvalue weighted by Crippen LogP contribution is 2.17. The van der Waals surface area contributed by atoms with Crippen LogP contribution in [0, 0.1) is 0 Å². The predicted octanol–water partition coefficient (Wildman–Crippen LogP) is 1.45. The zero-order valence-electron chi connectivity index (χ0n) is 5.84. The van der Waals surface area contributed by atoms with E-state index in [0.29, 0.717) is 0 Å². The lowest BCUT2D eigenvalue weighted by atomic mass is 10.5. The molecule has 3 nitrogen and oxygen atoms in total. The van der Waals surface area contributed by atoms with Gasteiger partial charge >= 0.3 is 0 Å². The quantitative estimate of drug-likeness (QED) is 0.583. The molecule has 1 aliphatic rings. The Morgan fingerprint density at radius 1 is 1.45 bits per heavy atom. The van der Waals surface area contributed by atoms with Crippen LogP contribution in [0.5, 0.6) is 0 Å². The van der Waals surface area contributed by atoms with Crippen molar-refractivity contribution in [3.63, 3.8) is 0 Å². The third-order valence-electron chi connectivity index (χ3n) is 1.38. The Morgan fingerprint density at radius 2 is 2.45 bits per heavy atom. The van der Waals surface area contributed by atoms with Gasteiger partial charge in [-0.2, -0.15) is 0 Å². The maximum atomic E-state index is 3.95. The molecule has 0 saturated heterocycles. The normalized spacial score (nSPS) is 21.5. The van der Waals surface area contributed by atoms with Gasteiger partial charge in [-0.25, -0.2) is 0 Å². The molecule has 56 valence electrons. The molecule has 0 amide bonds. The van der Waals surface area contributed by atoms with Crippen LogP contribution in [0.15, 0.2) is 35.1 Å². The van der Waals surface area contributed by atoms with Gasteiger partial charge in [-0.1, -0.05) is 30.0 Å². The molecule has 11 heavy (non-hydrogen) atoms. The van der Waals surface area contributed by atoms with E-state index in [1.54, 1.807) is 18.1 Å². The van der Waals surface area contributed by atoms with Gasteiger partial charge in [0, 0.05) is 6.54 Å². The minimum Gasteiger partial charge on any atom is -0.304 e. The van der Waals surface area contributed by atoms with E-state index in [1.165, 1.54) is 0 Å². The van der Waals surface area contributed by atoms with Gasteiger partial charge in [0.05, 0.1) is 0 Å². The van der Waals surface area contributed by atoms with E-state index in [9.17, 15) is 0 Å². The van der Waals surface area contributed by atoms with Gasteiger partial charge < -0.3 is 4.57 Å². The van der Waals surface area contributed by atoms with Crippen LogP contribution >= 0.6 is 11.8 Å². The molecule has 0 bridgehead atoms. The van der Waals surface area contributed by atoms with E-state index >= 15 is 0 Å². The Kier molecular flexibility index (Phi) is 1.77. The fourth-order valence-electron chi connectivity index (χ4n) is 0.859. The van der Waals surface area contributed by atoms with Crippen LogP contribution in [0.4, 0.5) is 0 Å². The number of hydrogen-bond acceptors (Lipinski definition) is 3. The topological polar surface area (TPSA) is 30.7 Å². The summed E-state index contributed by atoms with van der Waals surface area (Å²) in [5.41, 5.74) is 0. The molecule has 2 heterocycles. The van der Waals surface area contributed by atoms with Crippen molar-refractivity contribution in [1.29, 1.82) is 0 Å². The molecule has 4 heteroatoms. The van der Waals surface area contributed by atoms with Gasteiger partial charge in [-0.15, -0.1) is 10.2 Å². The predicted molar refractivity (Wildman–Crippen MR) is 44.2 cm³/mol. The molecule has 0 unspecified atom stereocenters. The summed E-state index contributed by atoms with van der Waals surface area (Å²) < 4.78 is 2.00. The first-order valence-corrected chi connectivity index (χ1v) is 4.21. The van der Waals surface area contributed by atoms with E-state index < -0.39 is 0 Å². The Bertz CT molecular complexity index is 272. The first-order valence-electron chi connectivity index (χ1n) is 3.33. The first-order chi connectivity index (χ1) is 5.47. The fourth-order valence-corrected chi connectivity index (χ4v) is 1.50. The van der Waals surface area contributed by atoms with Crippen molar-refractivity contribution in [2.45, 2.75) is 11.7 Å². The van der Waals surface area contributed by atoms with Crippen LogP contribution in [0.3, 0.4) is 0 Å². The summed E-state index contributed by atoms with van der Waals surface area (Å²) in [5.74, 6) is 0. The maximum Gasteiger partial charge on any atom is 0.195 e. The van der Waals surface area contributed by atoms with Crippen molar-refractivity contribution in [3.8, 4) is 0 Å². The van der Waals surface area contributed by atoms with Gasteiger partial charge in [0.25, 0.3) is 0 Å². The van der Waals surface area contributed by atoms with Crippen molar-refractivity contribution in [1.82, 2.24) is 14.8 Å². The van der Waals surface area contributed by atoms with Crippen LogP contribution < -0.4 is 0 Å². The van der Waals surface area contributed by atoms with Gasteiger partial charge in [0.2, 0.25) is 0 Å². The average molecular weight is 165 g/mol. The van der Waals surface area contributed by atoms with E-state index in [4.69, 9.17) is 0 Å². The van der Waals surface area contributed by atoms with Gasteiger partial charge in [-0.3, -0.25) is 0 Å². The van der Waals surface area contributed by atoms with Gasteiger partial charge in [0.1, 0.15) is 6.33 Å². The summed E-state index contributed by atoms with van der Waals surface area (Å²) >= 11 is 1.59. The van der Waals surface area contributed by atoms with Crippen molar-refractivity contribution < 1.29 is 0 Å². The lowest BCUT2D eigenvalue weighted by Gasteiger charge is -2.00. The second-order valence-corrected chi connectivity index (χ2v) is 3.01.